The van der Waals surface area contributed by atoms with Crippen LogP contribution in [0.1, 0.15) is 18.2 Å². The molecule has 0 amide bonds. The number of rotatable bonds is 4. The van der Waals surface area contributed by atoms with Crippen LogP contribution in [0, 0.1) is 17.0 Å². The predicted octanol–water partition coefficient (Wildman–Crippen LogP) is 3.09. The van der Waals surface area contributed by atoms with Crippen LogP contribution >= 0.6 is 0 Å². The molecular formula is C22H22F2N4O. The zero-order valence-corrected chi connectivity index (χ0v) is 16.2. The number of likely N-dealkylation sites (tertiary alicyclic amines) is 1. The molecule has 150 valence electrons. The number of benzene rings is 1. The number of halogens is 2. The first-order valence-corrected chi connectivity index (χ1v) is 9.88. The maximum atomic E-state index is 13.9. The number of pyridine rings is 2. The third-order valence-corrected chi connectivity index (χ3v) is 6.05. The van der Waals surface area contributed by atoms with Crippen LogP contribution in [-0.2, 0) is 13.0 Å². The lowest BCUT2D eigenvalue weighted by Crippen LogP contribution is -2.72. The van der Waals surface area contributed by atoms with E-state index in [-0.39, 0.29) is 11.0 Å². The highest BCUT2D eigenvalue weighted by Crippen LogP contribution is 2.43. The Hall–Kier alpha value is -2.80. The summed E-state index contributed by atoms with van der Waals surface area (Å²) >= 11 is 0. The highest BCUT2D eigenvalue weighted by molar-refractivity contribution is 5.78. The smallest absolute Gasteiger partial charge is 0.251 e. The molecule has 1 N–H and O–H groups in total. The molecule has 0 atom stereocenters. The average Bonchev–Trinajstić information content (AvgIpc) is 2.62. The van der Waals surface area contributed by atoms with Crippen LogP contribution in [0.5, 0.6) is 0 Å². The van der Waals surface area contributed by atoms with Crippen molar-refractivity contribution >= 4 is 16.6 Å². The number of aromatic amines is 1. The summed E-state index contributed by atoms with van der Waals surface area (Å²) in [5.74, 6) is -1.05. The van der Waals surface area contributed by atoms with Crippen molar-refractivity contribution in [2.75, 3.05) is 31.1 Å². The van der Waals surface area contributed by atoms with Gasteiger partial charge in [0.25, 0.3) is 5.56 Å². The van der Waals surface area contributed by atoms with Gasteiger partial charge >= 0.3 is 0 Å². The molecule has 4 heterocycles. The largest absolute Gasteiger partial charge is 0.368 e. The lowest BCUT2D eigenvalue weighted by atomic mass is 9.72. The van der Waals surface area contributed by atoms with E-state index in [1.165, 1.54) is 12.1 Å². The number of H-pyrrole nitrogens is 1. The van der Waals surface area contributed by atoms with Crippen molar-refractivity contribution in [2.45, 2.75) is 19.9 Å². The van der Waals surface area contributed by atoms with Crippen LogP contribution < -0.4 is 10.5 Å². The fraction of sp³-hybridized carbons (Fsp3) is 0.364. The Balaban J connectivity index is 1.22. The first-order chi connectivity index (χ1) is 13.9. The first-order valence-electron chi connectivity index (χ1n) is 9.88. The number of nitrogens with one attached hydrogen (secondary N) is 1. The molecule has 5 rings (SSSR count). The van der Waals surface area contributed by atoms with Gasteiger partial charge in [-0.15, -0.1) is 0 Å². The third-order valence-electron chi connectivity index (χ3n) is 6.05. The SMILES string of the molecule is CCc1cc2cnc(CN3CC4(C3)CN(c3ccc(F)cc3F)C4)cc2[nH]c1=O. The highest BCUT2D eigenvalue weighted by atomic mass is 19.1. The molecule has 1 spiro atoms. The Labute approximate surface area is 167 Å². The quantitative estimate of drug-likeness (QED) is 0.737. The normalized spacial score (nSPS) is 18.1. The number of fused-ring (bicyclic) bond motifs is 1. The molecule has 0 saturated carbocycles. The summed E-state index contributed by atoms with van der Waals surface area (Å²) in [4.78, 5) is 23.8. The summed E-state index contributed by atoms with van der Waals surface area (Å²) in [7, 11) is 0. The molecule has 0 bridgehead atoms. The maximum absolute atomic E-state index is 13.9. The minimum Gasteiger partial charge on any atom is -0.368 e. The number of nitrogens with zero attached hydrogens (tertiary/aromatic N) is 3. The minimum absolute atomic E-state index is 0.0392. The van der Waals surface area contributed by atoms with Crippen molar-refractivity contribution in [1.82, 2.24) is 14.9 Å². The van der Waals surface area contributed by atoms with Gasteiger partial charge in [0.1, 0.15) is 11.6 Å². The van der Waals surface area contributed by atoms with E-state index in [1.807, 2.05) is 30.2 Å². The van der Waals surface area contributed by atoms with E-state index >= 15 is 0 Å². The molecule has 2 aliphatic rings. The number of aromatic nitrogens is 2. The second-order valence-corrected chi connectivity index (χ2v) is 8.34. The summed E-state index contributed by atoms with van der Waals surface area (Å²) in [6, 6.07) is 7.60. The highest BCUT2D eigenvalue weighted by Gasteiger charge is 2.51. The van der Waals surface area contributed by atoms with Crippen molar-refractivity contribution in [1.29, 1.82) is 0 Å². The van der Waals surface area contributed by atoms with Gasteiger partial charge in [0.05, 0.1) is 16.9 Å². The van der Waals surface area contributed by atoms with Gasteiger partial charge in [-0.1, -0.05) is 6.92 Å². The lowest BCUT2D eigenvalue weighted by molar-refractivity contribution is -0.0282. The zero-order chi connectivity index (χ0) is 20.2. The number of hydrogen-bond acceptors (Lipinski definition) is 4. The van der Waals surface area contributed by atoms with Gasteiger partial charge in [0.15, 0.2) is 0 Å². The topological polar surface area (TPSA) is 52.2 Å². The van der Waals surface area contributed by atoms with E-state index in [0.717, 1.165) is 61.0 Å². The second kappa shape index (κ2) is 6.62. The average molecular weight is 396 g/mol. The standard InChI is InChI=1S/C22H22F2N4O/c1-2-14-5-15-8-25-17(7-19(15)26-21(14)29)9-27-10-22(11-27)12-28(13-22)20-4-3-16(23)6-18(20)24/h3-8H,2,9-13H2,1H3,(H,26,29). The fourth-order valence-corrected chi connectivity index (χ4v) is 4.65. The molecule has 1 aromatic carbocycles. The number of anilines is 1. The minimum atomic E-state index is -0.550. The van der Waals surface area contributed by atoms with Crippen LogP contribution in [0.2, 0.25) is 0 Å². The molecule has 7 heteroatoms. The van der Waals surface area contributed by atoms with Crippen molar-refractivity contribution in [3.8, 4) is 0 Å². The van der Waals surface area contributed by atoms with E-state index in [4.69, 9.17) is 0 Å². The lowest BCUT2D eigenvalue weighted by Gasteiger charge is -2.61. The summed E-state index contributed by atoms with van der Waals surface area (Å²) in [6.45, 7) is 6.10. The molecule has 0 unspecified atom stereocenters. The van der Waals surface area contributed by atoms with E-state index in [9.17, 15) is 13.6 Å². The van der Waals surface area contributed by atoms with Crippen LogP contribution in [0.3, 0.4) is 0 Å². The molecular weight excluding hydrogens is 374 g/mol. The first kappa shape index (κ1) is 18.2. The van der Waals surface area contributed by atoms with Gasteiger partial charge < -0.3 is 9.88 Å². The molecule has 5 nitrogen and oxygen atoms in total. The van der Waals surface area contributed by atoms with Crippen molar-refractivity contribution in [2.24, 2.45) is 5.41 Å². The van der Waals surface area contributed by atoms with Gasteiger partial charge in [-0.05, 0) is 30.7 Å². The summed E-state index contributed by atoms with van der Waals surface area (Å²) in [5, 5.41) is 0.946. The van der Waals surface area contributed by atoms with Gasteiger partial charge in [0.2, 0.25) is 0 Å². The number of hydrogen-bond donors (Lipinski definition) is 1. The molecule has 0 aliphatic carbocycles. The molecule has 29 heavy (non-hydrogen) atoms. The van der Waals surface area contributed by atoms with Crippen LogP contribution in [0.4, 0.5) is 14.5 Å². The summed E-state index contributed by atoms with van der Waals surface area (Å²) in [5.41, 5.74) is 3.12. The Bertz CT molecular complexity index is 1150. The summed E-state index contributed by atoms with van der Waals surface area (Å²) < 4.78 is 27.0. The Morgan fingerprint density at radius 3 is 2.66 bits per heavy atom. The van der Waals surface area contributed by atoms with Gasteiger partial charge in [-0.25, -0.2) is 8.78 Å². The van der Waals surface area contributed by atoms with E-state index in [2.05, 4.69) is 14.9 Å². The Morgan fingerprint density at radius 1 is 1.14 bits per heavy atom. The van der Waals surface area contributed by atoms with Gasteiger partial charge in [-0.2, -0.15) is 0 Å². The molecule has 0 radical (unpaired) electrons. The number of aryl methyl sites for hydroxylation is 1. The van der Waals surface area contributed by atoms with Crippen molar-refractivity contribution < 1.29 is 8.78 Å². The Morgan fingerprint density at radius 2 is 1.93 bits per heavy atom. The second-order valence-electron chi connectivity index (χ2n) is 8.34. The van der Waals surface area contributed by atoms with Crippen molar-refractivity contribution in [3.05, 3.63) is 69.8 Å². The zero-order valence-electron chi connectivity index (χ0n) is 16.2. The van der Waals surface area contributed by atoms with Gasteiger partial charge in [0, 0.05) is 61.4 Å². The summed E-state index contributed by atoms with van der Waals surface area (Å²) in [6.07, 6.45) is 2.51. The monoisotopic (exact) mass is 396 g/mol. The van der Waals surface area contributed by atoms with Crippen LogP contribution in [0.15, 0.2) is 41.3 Å². The predicted molar refractivity (Wildman–Crippen MR) is 108 cm³/mol. The van der Waals surface area contributed by atoms with E-state index < -0.39 is 11.6 Å². The van der Waals surface area contributed by atoms with E-state index in [1.54, 1.807) is 0 Å². The van der Waals surface area contributed by atoms with E-state index in [0.29, 0.717) is 12.1 Å². The van der Waals surface area contributed by atoms with Gasteiger partial charge in [-0.3, -0.25) is 14.7 Å². The van der Waals surface area contributed by atoms with Crippen LogP contribution in [-0.4, -0.2) is 41.0 Å². The Kier molecular flexibility index (Phi) is 4.17. The molecule has 3 aromatic rings. The molecule has 2 aromatic heterocycles. The third kappa shape index (κ3) is 3.19. The fourth-order valence-electron chi connectivity index (χ4n) is 4.65. The molecule has 2 aliphatic heterocycles. The molecule has 2 saturated heterocycles. The van der Waals surface area contributed by atoms with Crippen molar-refractivity contribution in [3.63, 3.8) is 0 Å². The van der Waals surface area contributed by atoms with Crippen LogP contribution in [0.25, 0.3) is 10.9 Å². The maximum Gasteiger partial charge on any atom is 0.251 e. The molecule has 2 fully saturated rings.